The van der Waals surface area contributed by atoms with E-state index in [0.717, 1.165) is 30.5 Å². The van der Waals surface area contributed by atoms with Crippen molar-refractivity contribution in [1.29, 1.82) is 5.26 Å². The molecular weight excluding hydrogens is 236 g/mol. The fourth-order valence-corrected chi connectivity index (χ4v) is 2.74. The summed E-state index contributed by atoms with van der Waals surface area (Å²) in [7, 11) is 1.76. The van der Waals surface area contributed by atoms with Crippen LogP contribution in [0.2, 0.25) is 0 Å². The smallest absolute Gasteiger partial charge is 0.247 e. The van der Waals surface area contributed by atoms with Crippen molar-refractivity contribution in [3.63, 3.8) is 0 Å². The van der Waals surface area contributed by atoms with Crippen molar-refractivity contribution in [2.75, 3.05) is 11.9 Å². The van der Waals surface area contributed by atoms with Gasteiger partial charge in [0.25, 0.3) is 0 Å². The summed E-state index contributed by atoms with van der Waals surface area (Å²) in [5.41, 5.74) is 1.21. The molecule has 1 aromatic rings. The van der Waals surface area contributed by atoms with Crippen molar-refractivity contribution in [2.45, 2.75) is 39.0 Å². The Morgan fingerprint density at radius 1 is 1.21 bits per heavy atom. The Kier molecular flexibility index (Phi) is 3.90. The van der Waals surface area contributed by atoms with Gasteiger partial charge in [-0.15, -0.1) is 0 Å². The maximum absolute atomic E-state index is 12.6. The van der Waals surface area contributed by atoms with Gasteiger partial charge in [-0.3, -0.25) is 4.79 Å². The van der Waals surface area contributed by atoms with Crippen LogP contribution in [-0.2, 0) is 4.79 Å². The largest absolute Gasteiger partial charge is 0.314 e. The predicted molar refractivity (Wildman–Crippen MR) is 75.7 cm³/mol. The fraction of sp³-hybridized carbons (Fsp3) is 0.500. The zero-order valence-corrected chi connectivity index (χ0v) is 11.6. The molecule has 1 aromatic carbocycles. The summed E-state index contributed by atoms with van der Waals surface area (Å²) in [6, 6.07) is 10.1. The van der Waals surface area contributed by atoms with Crippen LogP contribution >= 0.6 is 0 Å². The van der Waals surface area contributed by atoms with E-state index in [2.05, 4.69) is 6.07 Å². The van der Waals surface area contributed by atoms with Crippen LogP contribution in [0.1, 0.15) is 37.7 Å². The number of carbonyl (C=O) groups is 1. The van der Waals surface area contributed by atoms with Crippen molar-refractivity contribution in [3.8, 4) is 6.07 Å². The molecule has 0 saturated heterocycles. The molecule has 0 aliphatic heterocycles. The third-order valence-corrected chi connectivity index (χ3v) is 4.06. The number of aryl methyl sites for hydroxylation is 1. The van der Waals surface area contributed by atoms with Crippen LogP contribution in [0.4, 0.5) is 5.69 Å². The van der Waals surface area contributed by atoms with Gasteiger partial charge in [-0.2, -0.15) is 5.26 Å². The lowest BCUT2D eigenvalue weighted by molar-refractivity contribution is -0.126. The molecule has 1 aliphatic carbocycles. The predicted octanol–water partition coefficient (Wildman–Crippen LogP) is 3.43. The first-order valence-corrected chi connectivity index (χ1v) is 6.85. The van der Waals surface area contributed by atoms with Crippen molar-refractivity contribution in [1.82, 2.24) is 0 Å². The number of nitrogens with zero attached hydrogens (tertiary/aromatic N) is 2. The zero-order chi connectivity index (χ0) is 13.9. The minimum absolute atomic E-state index is 0.0569. The van der Waals surface area contributed by atoms with Crippen LogP contribution in [0.5, 0.6) is 0 Å². The molecule has 0 radical (unpaired) electrons. The van der Waals surface area contributed by atoms with Crippen molar-refractivity contribution in [2.24, 2.45) is 5.41 Å². The topological polar surface area (TPSA) is 44.1 Å². The quantitative estimate of drug-likeness (QED) is 0.813. The van der Waals surface area contributed by atoms with Crippen molar-refractivity contribution in [3.05, 3.63) is 29.8 Å². The van der Waals surface area contributed by atoms with Crippen molar-refractivity contribution >= 4 is 11.6 Å². The molecule has 0 atom stereocenters. The zero-order valence-electron chi connectivity index (χ0n) is 11.6. The number of hydrogen-bond donors (Lipinski definition) is 0. The van der Waals surface area contributed by atoms with Crippen LogP contribution < -0.4 is 4.90 Å². The fourth-order valence-electron chi connectivity index (χ4n) is 2.74. The molecule has 3 heteroatoms. The average molecular weight is 256 g/mol. The molecule has 0 bridgehead atoms. The normalized spacial score (nSPS) is 17.5. The van der Waals surface area contributed by atoms with E-state index in [1.165, 1.54) is 0 Å². The number of rotatable bonds is 2. The monoisotopic (exact) mass is 256 g/mol. The summed E-state index contributed by atoms with van der Waals surface area (Å²) in [5.74, 6) is -0.0569. The molecule has 0 heterocycles. The number of anilines is 1. The summed E-state index contributed by atoms with van der Waals surface area (Å²) in [5, 5.41) is 9.45. The molecule has 2 rings (SSSR count). The van der Waals surface area contributed by atoms with Crippen LogP contribution in [0.3, 0.4) is 0 Å². The van der Waals surface area contributed by atoms with Crippen LogP contribution in [0.25, 0.3) is 0 Å². The lowest BCUT2D eigenvalue weighted by Crippen LogP contribution is -2.42. The molecule has 100 valence electrons. The first kappa shape index (κ1) is 13.6. The lowest BCUT2D eigenvalue weighted by Gasteiger charge is -2.33. The summed E-state index contributed by atoms with van der Waals surface area (Å²) in [6.07, 6.45) is 4.46. The standard InChI is InChI=1S/C16H20N2O/c1-13-6-8-14(9-7-13)18(2)15(19)16(12-17)10-4-3-5-11-16/h6-9H,3-5,10-11H2,1-2H3. The first-order valence-electron chi connectivity index (χ1n) is 6.85. The molecule has 0 aromatic heterocycles. The average Bonchev–Trinajstić information content (AvgIpc) is 2.47. The molecule has 1 amide bonds. The van der Waals surface area contributed by atoms with Crippen molar-refractivity contribution < 1.29 is 4.79 Å². The highest BCUT2D eigenvalue weighted by molar-refractivity contribution is 5.99. The second-order valence-corrected chi connectivity index (χ2v) is 5.45. The lowest BCUT2D eigenvalue weighted by atomic mass is 9.74. The minimum Gasteiger partial charge on any atom is -0.314 e. The molecule has 0 N–H and O–H groups in total. The molecule has 1 saturated carbocycles. The maximum Gasteiger partial charge on any atom is 0.247 e. The molecule has 0 spiro atoms. The summed E-state index contributed by atoms with van der Waals surface area (Å²) >= 11 is 0. The first-order chi connectivity index (χ1) is 9.09. The number of benzene rings is 1. The van der Waals surface area contributed by atoms with Gasteiger partial charge >= 0.3 is 0 Å². The highest BCUT2D eigenvalue weighted by Crippen LogP contribution is 2.38. The Balaban J connectivity index is 2.22. The van der Waals surface area contributed by atoms with Gasteiger partial charge in [0.15, 0.2) is 0 Å². The highest BCUT2D eigenvalue weighted by Gasteiger charge is 2.41. The molecule has 1 aliphatic rings. The van der Waals surface area contributed by atoms with Gasteiger partial charge in [-0.05, 0) is 31.9 Å². The van der Waals surface area contributed by atoms with E-state index in [4.69, 9.17) is 0 Å². The molecule has 19 heavy (non-hydrogen) atoms. The Morgan fingerprint density at radius 2 is 1.79 bits per heavy atom. The second kappa shape index (κ2) is 5.44. The minimum atomic E-state index is -0.808. The summed E-state index contributed by atoms with van der Waals surface area (Å²) in [6.45, 7) is 2.02. The number of carbonyl (C=O) groups excluding carboxylic acids is 1. The van der Waals surface area contributed by atoms with Gasteiger partial charge in [0.2, 0.25) is 5.91 Å². The summed E-state index contributed by atoms with van der Waals surface area (Å²) in [4.78, 5) is 14.3. The third kappa shape index (κ3) is 2.63. The number of hydrogen-bond acceptors (Lipinski definition) is 2. The van der Waals surface area contributed by atoms with Gasteiger partial charge in [0.05, 0.1) is 6.07 Å². The van der Waals surface area contributed by atoms with E-state index < -0.39 is 5.41 Å². The molecule has 0 unspecified atom stereocenters. The van der Waals surface area contributed by atoms with Gasteiger partial charge in [-0.25, -0.2) is 0 Å². The van der Waals surface area contributed by atoms with E-state index in [1.807, 2.05) is 31.2 Å². The Labute approximate surface area is 114 Å². The Bertz CT molecular complexity index is 492. The Morgan fingerprint density at radius 3 is 2.32 bits per heavy atom. The molecule has 1 fully saturated rings. The molecule has 3 nitrogen and oxygen atoms in total. The van der Waals surface area contributed by atoms with Crippen LogP contribution in [0, 0.1) is 23.7 Å². The van der Waals surface area contributed by atoms with Crippen LogP contribution in [0.15, 0.2) is 24.3 Å². The van der Waals surface area contributed by atoms with E-state index in [-0.39, 0.29) is 5.91 Å². The number of nitriles is 1. The molecular formula is C16H20N2O. The third-order valence-electron chi connectivity index (χ3n) is 4.06. The second-order valence-electron chi connectivity index (χ2n) is 5.45. The van der Waals surface area contributed by atoms with E-state index in [1.54, 1.807) is 11.9 Å². The van der Waals surface area contributed by atoms with E-state index in [9.17, 15) is 10.1 Å². The maximum atomic E-state index is 12.6. The van der Waals surface area contributed by atoms with Gasteiger partial charge < -0.3 is 4.90 Å². The SMILES string of the molecule is Cc1ccc(N(C)C(=O)C2(C#N)CCCCC2)cc1. The van der Waals surface area contributed by atoms with E-state index >= 15 is 0 Å². The van der Waals surface area contributed by atoms with E-state index in [0.29, 0.717) is 12.8 Å². The highest BCUT2D eigenvalue weighted by atomic mass is 16.2. The summed E-state index contributed by atoms with van der Waals surface area (Å²) < 4.78 is 0. The number of amides is 1. The van der Waals surface area contributed by atoms with Crippen LogP contribution in [-0.4, -0.2) is 13.0 Å². The van der Waals surface area contributed by atoms with Gasteiger partial charge in [0.1, 0.15) is 5.41 Å². The van der Waals surface area contributed by atoms with Gasteiger partial charge in [-0.1, -0.05) is 37.0 Å². The Hall–Kier alpha value is -1.82. The van der Waals surface area contributed by atoms with Gasteiger partial charge in [0, 0.05) is 12.7 Å².